The van der Waals surface area contributed by atoms with Crippen molar-refractivity contribution in [3.63, 3.8) is 0 Å². The predicted octanol–water partition coefficient (Wildman–Crippen LogP) is 0.729. The summed E-state index contributed by atoms with van der Waals surface area (Å²) in [5.74, 6) is 0.718. The summed E-state index contributed by atoms with van der Waals surface area (Å²) in [4.78, 5) is 20.0. The van der Waals surface area contributed by atoms with Crippen molar-refractivity contribution in [3.8, 4) is 0 Å². The Hall–Kier alpha value is -2.08. The summed E-state index contributed by atoms with van der Waals surface area (Å²) < 4.78 is 5.08. The van der Waals surface area contributed by atoms with Crippen molar-refractivity contribution in [2.75, 3.05) is 52.3 Å². The van der Waals surface area contributed by atoms with E-state index < -0.39 is 0 Å². The molecule has 6 nitrogen and oxygen atoms in total. The van der Waals surface area contributed by atoms with Crippen molar-refractivity contribution in [3.05, 3.63) is 29.8 Å². The average Bonchev–Trinajstić information content (AvgIpc) is 2.94. The van der Waals surface area contributed by atoms with Crippen LogP contribution in [0.3, 0.4) is 0 Å². The van der Waals surface area contributed by atoms with E-state index in [4.69, 9.17) is 4.74 Å². The zero-order chi connectivity index (χ0) is 15.9. The molecule has 2 rings (SSSR count). The van der Waals surface area contributed by atoms with Gasteiger partial charge in [-0.2, -0.15) is 0 Å². The highest BCUT2D eigenvalue weighted by Crippen LogP contribution is 2.27. The van der Waals surface area contributed by atoms with Crippen LogP contribution in [0.15, 0.2) is 29.3 Å². The van der Waals surface area contributed by atoms with Crippen LogP contribution in [-0.2, 0) is 16.0 Å². The molecule has 1 aliphatic heterocycles. The summed E-state index contributed by atoms with van der Waals surface area (Å²) in [5.41, 5.74) is 2.46. The molecule has 120 valence electrons. The molecule has 0 aliphatic carbocycles. The molecule has 0 saturated heterocycles. The molecular formula is C16H24N4O2. The van der Waals surface area contributed by atoms with Gasteiger partial charge in [-0.15, -0.1) is 0 Å². The van der Waals surface area contributed by atoms with Gasteiger partial charge in [-0.3, -0.25) is 4.79 Å². The Labute approximate surface area is 131 Å². The van der Waals surface area contributed by atoms with Crippen LogP contribution in [-0.4, -0.2) is 64.2 Å². The van der Waals surface area contributed by atoms with Gasteiger partial charge in [0, 0.05) is 40.0 Å². The lowest BCUT2D eigenvalue weighted by Gasteiger charge is -2.23. The second-order valence-corrected chi connectivity index (χ2v) is 5.38. The third-order valence-electron chi connectivity index (χ3n) is 3.60. The maximum absolute atomic E-state index is 11.8. The highest BCUT2D eigenvalue weighted by atomic mass is 16.5. The Morgan fingerprint density at radius 1 is 1.41 bits per heavy atom. The van der Waals surface area contributed by atoms with Gasteiger partial charge in [-0.05, 0) is 18.1 Å². The van der Waals surface area contributed by atoms with Gasteiger partial charge in [0.15, 0.2) is 5.96 Å². The van der Waals surface area contributed by atoms with Crippen molar-refractivity contribution in [1.29, 1.82) is 0 Å². The first-order valence-electron chi connectivity index (χ1n) is 7.46. The van der Waals surface area contributed by atoms with Crippen molar-refractivity contribution in [2.24, 2.45) is 4.99 Å². The van der Waals surface area contributed by atoms with Crippen LogP contribution >= 0.6 is 0 Å². The van der Waals surface area contributed by atoms with E-state index in [1.807, 2.05) is 12.1 Å². The first-order valence-corrected chi connectivity index (χ1v) is 7.46. The topological polar surface area (TPSA) is 57.2 Å². The number of amides is 1. The number of rotatable bonds is 5. The van der Waals surface area contributed by atoms with Crippen LogP contribution in [0.1, 0.15) is 5.56 Å². The molecule has 0 aromatic heterocycles. The number of hydrogen-bond acceptors (Lipinski definition) is 3. The first-order chi connectivity index (χ1) is 10.6. The third-order valence-corrected chi connectivity index (χ3v) is 3.60. The van der Waals surface area contributed by atoms with Gasteiger partial charge in [-0.25, -0.2) is 4.99 Å². The molecule has 0 radical (unpaired) electrons. The number of anilines is 1. The molecule has 1 heterocycles. The number of nitrogens with zero attached hydrogens (tertiary/aromatic N) is 3. The second-order valence-electron chi connectivity index (χ2n) is 5.38. The summed E-state index contributed by atoms with van der Waals surface area (Å²) >= 11 is 0. The number of hydrogen-bond donors (Lipinski definition) is 1. The van der Waals surface area contributed by atoms with Gasteiger partial charge in [0.2, 0.25) is 5.91 Å². The van der Waals surface area contributed by atoms with Crippen molar-refractivity contribution >= 4 is 17.6 Å². The number of guanidine groups is 1. The van der Waals surface area contributed by atoms with Crippen LogP contribution in [0.4, 0.5) is 5.69 Å². The molecule has 0 unspecified atom stereocenters. The van der Waals surface area contributed by atoms with Gasteiger partial charge in [-0.1, -0.05) is 18.2 Å². The minimum Gasteiger partial charge on any atom is -0.383 e. The van der Waals surface area contributed by atoms with Gasteiger partial charge >= 0.3 is 0 Å². The summed E-state index contributed by atoms with van der Waals surface area (Å²) in [6, 6.07) is 8.29. The lowest BCUT2D eigenvalue weighted by molar-refractivity contribution is -0.127. The summed E-state index contributed by atoms with van der Waals surface area (Å²) in [6.07, 6.45) is 0.989. The number of fused-ring (bicyclic) bond motifs is 1. The van der Waals surface area contributed by atoms with E-state index in [2.05, 4.69) is 27.3 Å². The van der Waals surface area contributed by atoms with Crippen molar-refractivity contribution < 1.29 is 9.53 Å². The largest absolute Gasteiger partial charge is 0.383 e. The fraction of sp³-hybridized carbons (Fsp3) is 0.500. The van der Waals surface area contributed by atoms with Gasteiger partial charge in [0.05, 0.1) is 6.61 Å². The smallest absolute Gasteiger partial charge is 0.243 e. The third kappa shape index (κ3) is 3.98. The Morgan fingerprint density at radius 2 is 2.18 bits per heavy atom. The van der Waals surface area contributed by atoms with Crippen LogP contribution < -0.4 is 10.2 Å². The maximum atomic E-state index is 11.8. The number of benzene rings is 1. The van der Waals surface area contributed by atoms with E-state index in [1.54, 1.807) is 26.1 Å². The number of ether oxygens (including phenoxy) is 1. The number of aliphatic imine (C=N–C) groups is 1. The molecule has 1 aromatic rings. The van der Waals surface area contributed by atoms with Gasteiger partial charge in [0.25, 0.3) is 0 Å². The zero-order valence-corrected chi connectivity index (χ0v) is 13.5. The number of carbonyl (C=O) groups excluding carboxylic acids is 1. The van der Waals surface area contributed by atoms with E-state index >= 15 is 0 Å². The molecule has 0 spiro atoms. The van der Waals surface area contributed by atoms with Crippen LogP contribution in [0.2, 0.25) is 0 Å². The van der Waals surface area contributed by atoms with E-state index in [9.17, 15) is 4.79 Å². The van der Waals surface area contributed by atoms with Crippen molar-refractivity contribution in [1.82, 2.24) is 10.2 Å². The molecule has 0 atom stereocenters. The molecule has 1 amide bonds. The molecule has 1 N–H and O–H groups in total. The Bertz CT molecular complexity index is 543. The minimum absolute atomic E-state index is 0.0153. The van der Waals surface area contributed by atoms with Crippen LogP contribution in [0.25, 0.3) is 0 Å². The average molecular weight is 304 g/mol. The van der Waals surface area contributed by atoms with Gasteiger partial charge < -0.3 is 19.9 Å². The summed E-state index contributed by atoms with van der Waals surface area (Å²) in [7, 11) is 5.14. The lowest BCUT2D eigenvalue weighted by Crippen LogP contribution is -2.42. The fourth-order valence-corrected chi connectivity index (χ4v) is 2.34. The number of likely N-dealkylation sites (N-methyl/N-ethyl adjacent to an activating group) is 1. The zero-order valence-electron chi connectivity index (χ0n) is 13.5. The predicted molar refractivity (Wildman–Crippen MR) is 88.4 cm³/mol. The first kappa shape index (κ1) is 16.3. The number of carbonyl (C=O) groups is 1. The minimum atomic E-state index is -0.0153. The molecule has 22 heavy (non-hydrogen) atoms. The molecular weight excluding hydrogens is 280 g/mol. The monoisotopic (exact) mass is 304 g/mol. The van der Waals surface area contributed by atoms with Crippen molar-refractivity contribution in [2.45, 2.75) is 6.42 Å². The summed E-state index contributed by atoms with van der Waals surface area (Å²) in [5, 5.41) is 3.28. The number of nitrogens with one attached hydrogen (secondary N) is 1. The number of methoxy groups -OCH3 is 1. The van der Waals surface area contributed by atoms with E-state index in [1.165, 1.54) is 5.56 Å². The Kier molecular flexibility index (Phi) is 5.77. The molecule has 0 saturated carbocycles. The molecule has 1 aromatic carbocycles. The molecule has 1 aliphatic rings. The molecule has 0 bridgehead atoms. The highest BCUT2D eigenvalue weighted by molar-refractivity contribution is 5.99. The maximum Gasteiger partial charge on any atom is 0.243 e. The van der Waals surface area contributed by atoms with E-state index in [0.29, 0.717) is 13.2 Å². The van der Waals surface area contributed by atoms with Crippen LogP contribution in [0, 0.1) is 0 Å². The van der Waals surface area contributed by atoms with E-state index in [0.717, 1.165) is 24.6 Å². The normalized spacial score (nSPS) is 14.0. The Morgan fingerprint density at radius 3 is 2.91 bits per heavy atom. The number of para-hydroxylation sites is 1. The Balaban J connectivity index is 2.14. The fourth-order valence-electron chi connectivity index (χ4n) is 2.34. The summed E-state index contributed by atoms with van der Waals surface area (Å²) in [6.45, 7) is 2.26. The molecule has 6 heteroatoms. The van der Waals surface area contributed by atoms with E-state index in [-0.39, 0.29) is 12.5 Å². The van der Waals surface area contributed by atoms with Gasteiger partial charge in [0.1, 0.15) is 6.54 Å². The second kappa shape index (κ2) is 7.79. The molecule has 0 fully saturated rings. The lowest BCUT2D eigenvalue weighted by atomic mass is 10.2. The van der Waals surface area contributed by atoms with Crippen LogP contribution in [0.5, 0.6) is 0 Å². The SMILES string of the molecule is COCCNC(=NCC(=O)N(C)C)N1CCc2ccccc21. The quantitative estimate of drug-likeness (QED) is 0.495. The highest BCUT2D eigenvalue weighted by Gasteiger charge is 2.22. The standard InChI is InChI=1S/C16H24N4O2/c1-19(2)15(21)12-18-16(17-9-11-22-3)20-10-8-13-6-4-5-7-14(13)20/h4-7H,8-12H2,1-3H3,(H,17,18).